The molecule has 0 fully saturated rings. The van der Waals surface area contributed by atoms with Crippen LogP contribution in [0.1, 0.15) is 29.8 Å². The highest BCUT2D eigenvalue weighted by Crippen LogP contribution is 2.42. The molecule has 0 bridgehead atoms. The first-order valence-electron chi connectivity index (χ1n) is 12.0. The Morgan fingerprint density at radius 2 is 1.76 bits per heavy atom. The van der Waals surface area contributed by atoms with Gasteiger partial charge in [0.05, 0.1) is 17.0 Å². The van der Waals surface area contributed by atoms with Gasteiger partial charge in [0.15, 0.2) is 0 Å². The van der Waals surface area contributed by atoms with Gasteiger partial charge < -0.3 is 15.1 Å². The Morgan fingerprint density at radius 3 is 2.49 bits per heavy atom. The van der Waals surface area contributed by atoms with Crippen LogP contribution in [-0.4, -0.2) is 22.4 Å². The zero-order valence-corrected chi connectivity index (χ0v) is 20.5. The van der Waals surface area contributed by atoms with E-state index in [1.54, 1.807) is 24.3 Å². The zero-order valence-electron chi connectivity index (χ0n) is 20.5. The molecule has 37 heavy (non-hydrogen) atoms. The fourth-order valence-corrected chi connectivity index (χ4v) is 4.09. The molecule has 2 heterocycles. The highest BCUT2D eigenvalue weighted by molar-refractivity contribution is 6.06. The van der Waals surface area contributed by atoms with Gasteiger partial charge in [-0.15, -0.1) is 0 Å². The van der Waals surface area contributed by atoms with E-state index < -0.39 is 0 Å². The van der Waals surface area contributed by atoms with Gasteiger partial charge in [0, 0.05) is 28.9 Å². The molecule has 0 saturated carbocycles. The van der Waals surface area contributed by atoms with E-state index in [1.807, 2.05) is 54.6 Å². The van der Waals surface area contributed by atoms with Crippen molar-refractivity contribution in [3.8, 4) is 28.5 Å². The van der Waals surface area contributed by atoms with Crippen LogP contribution in [0.3, 0.4) is 0 Å². The lowest BCUT2D eigenvalue weighted by Crippen LogP contribution is -2.11. The van der Waals surface area contributed by atoms with Gasteiger partial charge in [0.1, 0.15) is 17.9 Å². The Balaban J connectivity index is 1.52. The summed E-state index contributed by atoms with van der Waals surface area (Å²) in [5.74, 6) is 1.57. The number of fused-ring (bicyclic) bond motifs is 1. The molecular weight excluding hydrogens is 462 g/mol. The molecule has 2 aromatic heterocycles. The summed E-state index contributed by atoms with van der Waals surface area (Å²) >= 11 is 0. The van der Waals surface area contributed by atoms with Gasteiger partial charge in [-0.25, -0.2) is 9.97 Å². The Labute approximate surface area is 214 Å². The van der Waals surface area contributed by atoms with E-state index in [-0.39, 0.29) is 5.91 Å². The second-order valence-electron chi connectivity index (χ2n) is 9.07. The molecular formula is C30H25N5O2. The minimum Gasteiger partial charge on any atom is -0.437 e. The number of benzene rings is 3. The molecule has 182 valence electrons. The predicted octanol–water partition coefficient (Wildman–Crippen LogP) is 6.75. The summed E-state index contributed by atoms with van der Waals surface area (Å²) in [6, 6.07) is 26.1. The van der Waals surface area contributed by atoms with Crippen molar-refractivity contribution in [2.75, 3.05) is 17.2 Å². The number of rotatable bonds is 7. The topological polar surface area (TPSA) is 104 Å². The van der Waals surface area contributed by atoms with Crippen molar-refractivity contribution in [2.45, 2.75) is 13.8 Å². The first-order chi connectivity index (χ1) is 18.0. The fourth-order valence-electron chi connectivity index (χ4n) is 4.09. The average molecular weight is 488 g/mol. The molecule has 7 nitrogen and oxygen atoms in total. The van der Waals surface area contributed by atoms with Crippen molar-refractivity contribution in [1.82, 2.24) is 9.97 Å². The molecule has 3 aromatic carbocycles. The quantitative estimate of drug-likeness (QED) is 0.263. The number of nitrogens with one attached hydrogen (secondary N) is 2. The fraction of sp³-hybridized carbons (Fsp3) is 0.133. The van der Waals surface area contributed by atoms with E-state index in [4.69, 9.17) is 9.68 Å². The summed E-state index contributed by atoms with van der Waals surface area (Å²) in [5, 5.41) is 16.3. The molecule has 0 aliphatic heterocycles. The molecule has 0 aliphatic rings. The van der Waals surface area contributed by atoms with Crippen LogP contribution in [0.4, 0.5) is 11.5 Å². The third-order valence-electron chi connectivity index (χ3n) is 5.89. The maximum Gasteiger partial charge on any atom is 0.255 e. The summed E-state index contributed by atoms with van der Waals surface area (Å²) in [5.41, 5.74) is 4.74. The summed E-state index contributed by atoms with van der Waals surface area (Å²) in [6.07, 6.45) is 1.51. The molecule has 0 aliphatic carbocycles. The number of anilines is 2. The van der Waals surface area contributed by atoms with E-state index >= 15 is 0 Å². The van der Waals surface area contributed by atoms with Gasteiger partial charge in [-0.2, -0.15) is 5.26 Å². The third kappa shape index (κ3) is 5.04. The molecule has 2 N–H and O–H groups in total. The predicted molar refractivity (Wildman–Crippen MR) is 145 cm³/mol. The monoisotopic (exact) mass is 487 g/mol. The van der Waals surface area contributed by atoms with Crippen molar-refractivity contribution < 1.29 is 9.21 Å². The minimum atomic E-state index is -0.283. The van der Waals surface area contributed by atoms with Gasteiger partial charge >= 0.3 is 0 Å². The molecule has 0 unspecified atom stereocenters. The number of hydrogen-bond acceptors (Lipinski definition) is 6. The van der Waals surface area contributed by atoms with Gasteiger partial charge in [-0.05, 0) is 53.9 Å². The van der Waals surface area contributed by atoms with E-state index in [0.717, 1.165) is 34.4 Å². The van der Waals surface area contributed by atoms with Crippen molar-refractivity contribution in [2.24, 2.45) is 5.92 Å². The number of furan rings is 1. The minimum absolute atomic E-state index is 0.283. The summed E-state index contributed by atoms with van der Waals surface area (Å²) in [7, 11) is 0. The van der Waals surface area contributed by atoms with Gasteiger partial charge in [-0.3, -0.25) is 4.79 Å². The van der Waals surface area contributed by atoms with Crippen molar-refractivity contribution in [3.05, 3.63) is 96.3 Å². The maximum absolute atomic E-state index is 12.7. The number of carbonyl (C=O) groups excluding carboxylic acids is 1. The molecule has 0 atom stereocenters. The molecule has 5 aromatic rings. The van der Waals surface area contributed by atoms with Crippen molar-refractivity contribution in [1.29, 1.82) is 5.26 Å². The second kappa shape index (κ2) is 10.3. The van der Waals surface area contributed by atoms with E-state index in [0.29, 0.717) is 34.2 Å². The highest BCUT2D eigenvalue weighted by Gasteiger charge is 2.22. The summed E-state index contributed by atoms with van der Waals surface area (Å²) in [4.78, 5) is 21.6. The first-order valence-corrected chi connectivity index (χ1v) is 12.0. The van der Waals surface area contributed by atoms with Crippen LogP contribution in [0, 0.1) is 17.2 Å². The lowest BCUT2D eigenvalue weighted by molar-refractivity contribution is 0.102. The van der Waals surface area contributed by atoms with E-state index in [2.05, 4.69) is 40.5 Å². The third-order valence-corrected chi connectivity index (χ3v) is 5.89. The van der Waals surface area contributed by atoms with Crippen LogP contribution in [0.15, 0.2) is 89.6 Å². The Kier molecular flexibility index (Phi) is 6.64. The first kappa shape index (κ1) is 23.8. The van der Waals surface area contributed by atoms with Crippen LogP contribution < -0.4 is 10.6 Å². The number of amides is 1. The normalized spacial score (nSPS) is 10.9. The lowest BCUT2D eigenvalue weighted by atomic mass is 9.99. The highest BCUT2D eigenvalue weighted by atomic mass is 16.3. The number of hydrogen-bond donors (Lipinski definition) is 2. The van der Waals surface area contributed by atoms with Crippen LogP contribution >= 0.6 is 0 Å². The lowest BCUT2D eigenvalue weighted by Gasteiger charge is -2.10. The maximum atomic E-state index is 12.7. The molecule has 1 amide bonds. The summed E-state index contributed by atoms with van der Waals surface area (Å²) in [6.45, 7) is 5.06. The van der Waals surface area contributed by atoms with Crippen molar-refractivity contribution >= 4 is 28.5 Å². The van der Waals surface area contributed by atoms with Crippen LogP contribution in [0.2, 0.25) is 0 Å². The molecule has 7 heteroatoms. The van der Waals surface area contributed by atoms with Gasteiger partial charge in [-0.1, -0.05) is 50.2 Å². The Bertz CT molecular complexity index is 1600. The molecule has 0 radical (unpaired) electrons. The number of aromatic nitrogens is 2. The number of nitriles is 1. The van der Waals surface area contributed by atoms with Crippen molar-refractivity contribution in [3.63, 3.8) is 0 Å². The molecule has 5 rings (SSSR count). The summed E-state index contributed by atoms with van der Waals surface area (Å²) < 4.78 is 6.29. The standard InChI is InChI=1S/C30H25N5O2/c1-19(2)17-32-28-26-25(21-8-4-3-5-9-21)27(37-30(26)34-18-33-28)22-11-13-24(14-12-22)35-29(36)23-10-6-7-20(15-23)16-31/h3-15,18-19H,17H2,1-2H3,(H,35,36)(H,32,33,34). The largest absolute Gasteiger partial charge is 0.437 e. The van der Waals surface area contributed by atoms with E-state index in [1.165, 1.54) is 6.33 Å². The number of carbonyl (C=O) groups is 1. The molecule has 0 spiro atoms. The van der Waals surface area contributed by atoms with Gasteiger partial charge in [0.2, 0.25) is 5.71 Å². The van der Waals surface area contributed by atoms with E-state index in [9.17, 15) is 4.79 Å². The zero-order chi connectivity index (χ0) is 25.8. The SMILES string of the molecule is CC(C)CNc1ncnc2oc(-c3ccc(NC(=O)c4cccc(C#N)c4)cc3)c(-c3ccccc3)c12. The Hall–Kier alpha value is -4.96. The van der Waals surface area contributed by atoms with Gasteiger partial charge in [0.25, 0.3) is 5.91 Å². The van der Waals surface area contributed by atoms with Crippen LogP contribution in [0.5, 0.6) is 0 Å². The number of nitrogens with zero attached hydrogens (tertiary/aromatic N) is 3. The van der Waals surface area contributed by atoms with Crippen LogP contribution in [0.25, 0.3) is 33.6 Å². The average Bonchev–Trinajstić information content (AvgIpc) is 3.33. The second-order valence-corrected chi connectivity index (χ2v) is 9.07. The smallest absolute Gasteiger partial charge is 0.255 e. The van der Waals surface area contributed by atoms with Crippen LogP contribution in [-0.2, 0) is 0 Å². The molecule has 0 saturated heterocycles. The Morgan fingerprint density at radius 1 is 0.973 bits per heavy atom.